The predicted molar refractivity (Wildman–Crippen MR) is 142 cm³/mol. The summed E-state index contributed by atoms with van der Waals surface area (Å²) in [6.45, 7) is 7.33. The van der Waals surface area contributed by atoms with Crippen molar-refractivity contribution in [2.45, 2.75) is 57.5 Å². The Bertz CT molecular complexity index is 1130. The highest BCUT2D eigenvalue weighted by atomic mass is 16.5. The number of piperazine rings is 1. The van der Waals surface area contributed by atoms with E-state index in [0.717, 1.165) is 42.0 Å². The second kappa shape index (κ2) is 10.4. The van der Waals surface area contributed by atoms with Crippen molar-refractivity contribution in [3.63, 3.8) is 0 Å². The molecule has 1 aromatic heterocycles. The van der Waals surface area contributed by atoms with Crippen LogP contribution in [0.5, 0.6) is 5.75 Å². The molecule has 7 nitrogen and oxygen atoms in total. The van der Waals surface area contributed by atoms with Crippen LogP contribution >= 0.6 is 0 Å². The van der Waals surface area contributed by atoms with E-state index >= 15 is 0 Å². The minimum atomic E-state index is 0.209. The maximum atomic E-state index is 9.36. The van der Waals surface area contributed by atoms with Crippen molar-refractivity contribution in [3.8, 4) is 5.75 Å². The van der Waals surface area contributed by atoms with Crippen molar-refractivity contribution in [2.75, 3.05) is 43.6 Å². The van der Waals surface area contributed by atoms with Gasteiger partial charge in [-0.25, -0.2) is 9.97 Å². The summed E-state index contributed by atoms with van der Waals surface area (Å²) in [7, 11) is 1.75. The molecule has 2 heterocycles. The molecule has 2 unspecified atom stereocenters. The van der Waals surface area contributed by atoms with Crippen molar-refractivity contribution in [1.82, 2.24) is 14.9 Å². The van der Waals surface area contributed by atoms with Crippen molar-refractivity contribution >= 4 is 28.2 Å². The summed E-state index contributed by atoms with van der Waals surface area (Å²) in [6.07, 6.45) is 6.82. The third-order valence-corrected chi connectivity index (χ3v) is 7.68. The molecule has 2 fully saturated rings. The van der Waals surface area contributed by atoms with Crippen LogP contribution in [0.4, 0.5) is 17.3 Å². The molecule has 0 spiro atoms. The van der Waals surface area contributed by atoms with Gasteiger partial charge in [-0.15, -0.1) is 0 Å². The van der Waals surface area contributed by atoms with E-state index in [2.05, 4.69) is 64.3 Å². The van der Waals surface area contributed by atoms with Gasteiger partial charge in [0.25, 0.3) is 0 Å². The summed E-state index contributed by atoms with van der Waals surface area (Å²) in [6, 6.07) is 13.4. The predicted octanol–water partition coefficient (Wildman–Crippen LogP) is 4.93. The molecule has 1 saturated heterocycles. The van der Waals surface area contributed by atoms with Gasteiger partial charge in [-0.1, -0.05) is 12.8 Å². The van der Waals surface area contributed by atoms with Crippen LogP contribution in [0.25, 0.3) is 10.9 Å². The fourth-order valence-electron chi connectivity index (χ4n) is 5.96. The lowest BCUT2D eigenvalue weighted by Crippen LogP contribution is -2.57. The standard InChI is InChI=1S/C28H37N5O2/c1-19-17-32(18-20(2)33(19)14-15-34)24-11-9-23(10-12-24)30-28-29-16-22-8-13-25(35-3)26(27(22)31-28)21-6-4-5-7-21/h8-13,16,19-21,34H,4-7,14-15,17-18H2,1-3H3,(H,29,30,31). The molecule has 1 aliphatic heterocycles. The van der Waals surface area contributed by atoms with Gasteiger partial charge in [-0.3, -0.25) is 4.90 Å². The molecule has 0 radical (unpaired) electrons. The first kappa shape index (κ1) is 23.8. The summed E-state index contributed by atoms with van der Waals surface area (Å²) in [4.78, 5) is 14.3. The van der Waals surface area contributed by atoms with Crippen LogP contribution in [0.3, 0.4) is 0 Å². The van der Waals surface area contributed by atoms with Gasteiger partial charge in [0, 0.05) is 60.2 Å². The molecule has 0 bridgehead atoms. The zero-order valence-electron chi connectivity index (χ0n) is 21.1. The van der Waals surface area contributed by atoms with Crippen LogP contribution in [0.1, 0.15) is 51.0 Å². The number of β-amino-alcohol motifs (C(OH)–C–C–N with tert-alkyl or cyclic N) is 1. The highest BCUT2D eigenvalue weighted by Crippen LogP contribution is 2.42. The molecule has 5 rings (SSSR count). The number of anilines is 3. The average molecular weight is 476 g/mol. The number of methoxy groups -OCH3 is 1. The molecule has 2 atom stereocenters. The lowest BCUT2D eigenvalue weighted by atomic mass is 9.94. The maximum absolute atomic E-state index is 9.36. The van der Waals surface area contributed by atoms with Gasteiger partial charge < -0.3 is 20.1 Å². The van der Waals surface area contributed by atoms with Crippen LogP contribution in [-0.4, -0.2) is 65.4 Å². The number of fused-ring (bicyclic) bond motifs is 1. The van der Waals surface area contributed by atoms with Gasteiger partial charge >= 0.3 is 0 Å². The van der Waals surface area contributed by atoms with E-state index in [1.807, 2.05) is 12.3 Å². The first-order chi connectivity index (χ1) is 17.1. The van der Waals surface area contributed by atoms with Crippen LogP contribution in [-0.2, 0) is 0 Å². The number of hydrogen-bond donors (Lipinski definition) is 2. The maximum Gasteiger partial charge on any atom is 0.227 e. The quantitative estimate of drug-likeness (QED) is 0.502. The monoisotopic (exact) mass is 475 g/mol. The Morgan fingerprint density at radius 2 is 1.74 bits per heavy atom. The Labute approximate surface area is 208 Å². The number of benzene rings is 2. The largest absolute Gasteiger partial charge is 0.496 e. The highest BCUT2D eigenvalue weighted by Gasteiger charge is 2.29. The minimum Gasteiger partial charge on any atom is -0.496 e. The zero-order chi connectivity index (χ0) is 24.4. The fourth-order valence-corrected chi connectivity index (χ4v) is 5.96. The number of rotatable bonds is 7. The van der Waals surface area contributed by atoms with E-state index in [4.69, 9.17) is 9.72 Å². The fraction of sp³-hybridized carbons (Fsp3) is 0.500. The number of nitrogens with zero attached hydrogens (tertiary/aromatic N) is 4. The Kier molecular flexibility index (Phi) is 7.07. The van der Waals surface area contributed by atoms with Gasteiger partial charge in [-0.05, 0) is 69.0 Å². The summed E-state index contributed by atoms with van der Waals surface area (Å²) in [5.41, 5.74) is 4.41. The molecule has 1 aliphatic carbocycles. The van der Waals surface area contributed by atoms with E-state index < -0.39 is 0 Å². The third kappa shape index (κ3) is 4.93. The average Bonchev–Trinajstić information content (AvgIpc) is 3.40. The summed E-state index contributed by atoms with van der Waals surface area (Å²) in [5.74, 6) is 2.04. The Morgan fingerprint density at radius 1 is 1.03 bits per heavy atom. The summed E-state index contributed by atoms with van der Waals surface area (Å²) >= 11 is 0. The lowest BCUT2D eigenvalue weighted by molar-refractivity contribution is 0.103. The minimum absolute atomic E-state index is 0.209. The van der Waals surface area contributed by atoms with Crippen molar-refractivity contribution in [1.29, 1.82) is 0 Å². The smallest absolute Gasteiger partial charge is 0.227 e. The van der Waals surface area contributed by atoms with Crippen LogP contribution in [0.2, 0.25) is 0 Å². The van der Waals surface area contributed by atoms with Crippen LogP contribution in [0, 0.1) is 0 Å². The molecule has 2 N–H and O–H groups in total. The molecule has 1 saturated carbocycles. The first-order valence-corrected chi connectivity index (χ1v) is 12.9. The molecular formula is C28H37N5O2. The van der Waals surface area contributed by atoms with Crippen molar-refractivity contribution < 1.29 is 9.84 Å². The normalized spacial score (nSPS) is 21.5. The summed E-state index contributed by atoms with van der Waals surface area (Å²) in [5, 5.41) is 13.8. The molecule has 7 heteroatoms. The van der Waals surface area contributed by atoms with Crippen molar-refractivity contribution in [3.05, 3.63) is 48.2 Å². The molecule has 2 aromatic carbocycles. The Morgan fingerprint density at radius 3 is 2.40 bits per heavy atom. The number of aliphatic hydroxyl groups is 1. The van der Waals surface area contributed by atoms with Gasteiger partial charge in [0.1, 0.15) is 5.75 Å². The molecule has 186 valence electrons. The molecule has 3 aromatic rings. The number of hydrogen-bond acceptors (Lipinski definition) is 7. The van der Waals surface area contributed by atoms with Crippen LogP contribution in [0.15, 0.2) is 42.6 Å². The lowest BCUT2D eigenvalue weighted by Gasteiger charge is -2.45. The number of aromatic nitrogens is 2. The van der Waals surface area contributed by atoms with Gasteiger partial charge in [0.05, 0.1) is 19.2 Å². The molecule has 35 heavy (non-hydrogen) atoms. The molecule has 2 aliphatic rings. The van der Waals surface area contributed by atoms with E-state index in [0.29, 0.717) is 23.9 Å². The number of ether oxygens (including phenoxy) is 1. The third-order valence-electron chi connectivity index (χ3n) is 7.68. The van der Waals surface area contributed by atoms with E-state index in [-0.39, 0.29) is 6.61 Å². The first-order valence-electron chi connectivity index (χ1n) is 12.9. The van der Waals surface area contributed by atoms with Gasteiger partial charge in [-0.2, -0.15) is 0 Å². The van der Waals surface area contributed by atoms with E-state index in [9.17, 15) is 5.11 Å². The SMILES string of the molecule is COc1ccc2cnc(Nc3ccc(N4CC(C)N(CCO)C(C)C4)cc3)nc2c1C1CCCC1. The van der Waals surface area contributed by atoms with Gasteiger partial charge in [0.2, 0.25) is 5.95 Å². The Hall–Kier alpha value is -2.90. The van der Waals surface area contributed by atoms with E-state index in [1.165, 1.54) is 36.9 Å². The Balaban J connectivity index is 1.34. The second-order valence-electron chi connectivity index (χ2n) is 10.0. The number of nitrogens with one attached hydrogen (secondary N) is 1. The highest BCUT2D eigenvalue weighted by molar-refractivity contribution is 5.85. The molecule has 0 amide bonds. The summed E-state index contributed by atoms with van der Waals surface area (Å²) < 4.78 is 5.73. The van der Waals surface area contributed by atoms with E-state index in [1.54, 1.807) is 7.11 Å². The second-order valence-corrected chi connectivity index (χ2v) is 10.0. The topological polar surface area (TPSA) is 73.8 Å². The van der Waals surface area contributed by atoms with Gasteiger partial charge in [0.15, 0.2) is 0 Å². The van der Waals surface area contributed by atoms with Crippen molar-refractivity contribution in [2.24, 2.45) is 0 Å². The zero-order valence-corrected chi connectivity index (χ0v) is 21.1. The number of aliphatic hydroxyl groups excluding tert-OH is 1. The van der Waals surface area contributed by atoms with Crippen LogP contribution < -0.4 is 15.0 Å². The molecular weight excluding hydrogens is 438 g/mol.